The zero-order chi connectivity index (χ0) is 22.2. The van der Waals surface area contributed by atoms with Crippen LogP contribution in [0.4, 0.5) is 20.2 Å². The summed E-state index contributed by atoms with van der Waals surface area (Å²) in [4.78, 5) is 29.5. The highest BCUT2D eigenvalue weighted by Crippen LogP contribution is 2.48. The minimum atomic E-state index is -0.337. The van der Waals surface area contributed by atoms with Crippen LogP contribution >= 0.6 is 0 Å². The summed E-state index contributed by atoms with van der Waals surface area (Å²) in [6.07, 6.45) is 3.11. The number of amides is 1. The molecule has 3 heterocycles. The number of Topliss-reactive ketones (excluding diaryl/α,β-unsaturated/α-hetero) is 1. The Labute approximate surface area is 186 Å². The van der Waals surface area contributed by atoms with Gasteiger partial charge in [-0.05, 0) is 73.8 Å². The van der Waals surface area contributed by atoms with Crippen molar-refractivity contribution in [2.75, 3.05) is 37.6 Å². The van der Waals surface area contributed by atoms with Crippen molar-refractivity contribution in [3.05, 3.63) is 59.7 Å². The molecule has 7 heteroatoms. The third kappa shape index (κ3) is 3.90. The molecule has 2 fully saturated rings. The summed E-state index contributed by atoms with van der Waals surface area (Å²) in [7, 11) is 0. The molecular formula is C25H27F2N3O2. The standard InChI is InChI=1S/C25H27F2N3O2/c26-17-3-6-19(7-4-17)30-22-8-5-18(27)15-20(22)21-16-28(13-9-23(21)30)11-1-2-12-29-14-10-24(31)25(29)32/h3-8,15,21,23H,1-2,9-14,16H2/t21-,23+/m0/s1. The highest BCUT2D eigenvalue weighted by atomic mass is 19.1. The first kappa shape index (κ1) is 21.1. The number of unbranched alkanes of at least 4 members (excludes halogenated alkanes) is 1. The molecule has 0 spiro atoms. The lowest BCUT2D eigenvalue weighted by atomic mass is 9.89. The van der Waals surface area contributed by atoms with Crippen molar-refractivity contribution in [2.24, 2.45) is 0 Å². The summed E-state index contributed by atoms with van der Waals surface area (Å²) in [6.45, 7) is 3.89. The largest absolute Gasteiger partial charge is 0.337 e. The van der Waals surface area contributed by atoms with E-state index < -0.39 is 0 Å². The minimum absolute atomic E-state index is 0.192. The number of carbonyl (C=O) groups excluding carboxylic acids is 2. The third-order valence-electron chi connectivity index (χ3n) is 7.03. The molecule has 2 aromatic rings. The van der Waals surface area contributed by atoms with Crippen molar-refractivity contribution in [3.63, 3.8) is 0 Å². The molecule has 0 N–H and O–H groups in total. The number of fused-ring (bicyclic) bond motifs is 3. The number of carbonyl (C=O) groups is 2. The van der Waals surface area contributed by atoms with Crippen LogP contribution in [0.1, 0.15) is 37.2 Å². The molecule has 2 aromatic carbocycles. The summed E-state index contributed by atoms with van der Waals surface area (Å²) in [5, 5.41) is 0. The molecule has 0 unspecified atom stereocenters. The second kappa shape index (κ2) is 8.62. The van der Waals surface area contributed by atoms with Gasteiger partial charge in [-0.15, -0.1) is 0 Å². The first-order valence-electron chi connectivity index (χ1n) is 11.4. The molecule has 2 atom stereocenters. The Morgan fingerprint density at radius 3 is 2.41 bits per heavy atom. The molecular weight excluding hydrogens is 412 g/mol. The zero-order valence-corrected chi connectivity index (χ0v) is 18.0. The first-order chi connectivity index (χ1) is 15.5. The van der Waals surface area contributed by atoms with E-state index in [0.717, 1.165) is 55.8 Å². The van der Waals surface area contributed by atoms with Gasteiger partial charge in [0.2, 0.25) is 5.78 Å². The number of rotatable bonds is 6. The number of nitrogens with zero attached hydrogens (tertiary/aromatic N) is 3. The van der Waals surface area contributed by atoms with Crippen molar-refractivity contribution in [1.82, 2.24) is 9.80 Å². The van der Waals surface area contributed by atoms with Crippen molar-refractivity contribution < 1.29 is 18.4 Å². The molecule has 0 bridgehead atoms. The van der Waals surface area contributed by atoms with Gasteiger partial charge < -0.3 is 14.7 Å². The fourth-order valence-electron chi connectivity index (χ4n) is 5.45. The van der Waals surface area contributed by atoms with E-state index in [0.29, 0.717) is 19.5 Å². The second-order valence-electron chi connectivity index (χ2n) is 8.99. The van der Waals surface area contributed by atoms with Crippen LogP contribution in [0, 0.1) is 11.6 Å². The van der Waals surface area contributed by atoms with E-state index in [1.54, 1.807) is 23.1 Å². The van der Waals surface area contributed by atoms with Gasteiger partial charge >= 0.3 is 0 Å². The van der Waals surface area contributed by atoms with Gasteiger partial charge in [-0.2, -0.15) is 0 Å². The normalized spacial score (nSPS) is 23.1. The van der Waals surface area contributed by atoms with E-state index in [1.165, 1.54) is 18.2 Å². The van der Waals surface area contributed by atoms with E-state index in [2.05, 4.69) is 9.80 Å². The van der Waals surface area contributed by atoms with Crippen molar-refractivity contribution in [2.45, 2.75) is 37.6 Å². The number of hydrogen-bond acceptors (Lipinski definition) is 4. The number of ketones is 1. The van der Waals surface area contributed by atoms with Crippen LogP contribution in [0.3, 0.4) is 0 Å². The van der Waals surface area contributed by atoms with Crippen LogP contribution in [-0.4, -0.2) is 60.3 Å². The number of benzene rings is 2. The quantitative estimate of drug-likeness (QED) is 0.507. The van der Waals surface area contributed by atoms with E-state index in [9.17, 15) is 18.4 Å². The molecule has 168 valence electrons. The van der Waals surface area contributed by atoms with E-state index in [1.807, 2.05) is 6.07 Å². The number of likely N-dealkylation sites (tertiary alicyclic amines) is 2. The van der Waals surface area contributed by atoms with Crippen LogP contribution in [0.5, 0.6) is 0 Å². The number of hydrogen-bond donors (Lipinski definition) is 0. The molecule has 5 nitrogen and oxygen atoms in total. The zero-order valence-electron chi connectivity index (χ0n) is 18.0. The van der Waals surface area contributed by atoms with Crippen LogP contribution in [0.2, 0.25) is 0 Å². The Morgan fingerprint density at radius 1 is 0.906 bits per heavy atom. The fraction of sp³-hybridized carbons (Fsp3) is 0.440. The lowest BCUT2D eigenvalue weighted by Crippen LogP contribution is -2.45. The van der Waals surface area contributed by atoms with Gasteiger partial charge in [-0.25, -0.2) is 8.78 Å². The predicted octanol–water partition coefficient (Wildman–Crippen LogP) is 3.86. The minimum Gasteiger partial charge on any atom is -0.337 e. The molecule has 3 aliphatic rings. The molecule has 0 radical (unpaired) electrons. The van der Waals surface area contributed by atoms with Gasteiger partial charge in [0.1, 0.15) is 11.6 Å². The Kier molecular flexibility index (Phi) is 5.67. The molecule has 3 aliphatic heterocycles. The van der Waals surface area contributed by atoms with Crippen molar-refractivity contribution in [1.29, 1.82) is 0 Å². The Morgan fingerprint density at radius 2 is 1.66 bits per heavy atom. The van der Waals surface area contributed by atoms with Crippen LogP contribution in [0.25, 0.3) is 0 Å². The number of halogens is 2. The summed E-state index contributed by atoms with van der Waals surface area (Å²) in [5.74, 6) is -0.914. The van der Waals surface area contributed by atoms with Gasteiger partial charge in [0.05, 0.1) is 0 Å². The smallest absolute Gasteiger partial charge is 0.290 e. The summed E-state index contributed by atoms with van der Waals surface area (Å²) in [5.41, 5.74) is 2.96. The maximum Gasteiger partial charge on any atom is 0.290 e. The van der Waals surface area contributed by atoms with E-state index >= 15 is 0 Å². The SMILES string of the molecule is O=C1CCN(CCCCN2CC[C@@H]3[C@@H](C2)c2cc(F)ccc2N3c2ccc(F)cc2)C1=O. The highest BCUT2D eigenvalue weighted by molar-refractivity contribution is 6.37. The first-order valence-corrected chi connectivity index (χ1v) is 11.4. The summed E-state index contributed by atoms with van der Waals surface area (Å²) < 4.78 is 27.6. The van der Waals surface area contributed by atoms with Gasteiger partial charge in [-0.1, -0.05) is 0 Å². The second-order valence-corrected chi connectivity index (χ2v) is 8.99. The topological polar surface area (TPSA) is 43.9 Å². The highest BCUT2D eigenvalue weighted by Gasteiger charge is 2.42. The lowest BCUT2D eigenvalue weighted by Gasteiger charge is -2.39. The van der Waals surface area contributed by atoms with Gasteiger partial charge in [0.15, 0.2) is 0 Å². The molecule has 1 amide bonds. The van der Waals surface area contributed by atoms with Crippen LogP contribution < -0.4 is 4.90 Å². The third-order valence-corrected chi connectivity index (χ3v) is 7.03. The Bertz CT molecular complexity index is 1030. The molecule has 0 aliphatic carbocycles. The fourth-order valence-corrected chi connectivity index (χ4v) is 5.45. The number of anilines is 2. The monoisotopic (exact) mass is 439 g/mol. The summed E-state index contributed by atoms with van der Waals surface area (Å²) >= 11 is 0. The van der Waals surface area contributed by atoms with Crippen LogP contribution in [-0.2, 0) is 9.59 Å². The lowest BCUT2D eigenvalue weighted by molar-refractivity contribution is -0.140. The van der Waals surface area contributed by atoms with Crippen molar-refractivity contribution in [3.8, 4) is 0 Å². The van der Waals surface area contributed by atoms with E-state index in [4.69, 9.17) is 0 Å². The average molecular weight is 440 g/mol. The Hall–Kier alpha value is -2.80. The average Bonchev–Trinajstić information content (AvgIpc) is 3.28. The van der Waals surface area contributed by atoms with Crippen molar-refractivity contribution >= 4 is 23.1 Å². The maximum absolute atomic E-state index is 14.1. The molecule has 32 heavy (non-hydrogen) atoms. The van der Waals surface area contributed by atoms with Gasteiger partial charge in [0, 0.05) is 55.9 Å². The Balaban J connectivity index is 1.25. The molecule has 5 rings (SSSR count). The van der Waals surface area contributed by atoms with E-state index in [-0.39, 0.29) is 35.3 Å². The summed E-state index contributed by atoms with van der Waals surface area (Å²) in [6, 6.07) is 11.7. The maximum atomic E-state index is 14.1. The molecule has 2 saturated heterocycles. The van der Waals surface area contributed by atoms with Gasteiger partial charge in [0.25, 0.3) is 5.91 Å². The van der Waals surface area contributed by atoms with Gasteiger partial charge in [-0.3, -0.25) is 9.59 Å². The van der Waals surface area contributed by atoms with Crippen LogP contribution in [0.15, 0.2) is 42.5 Å². The predicted molar refractivity (Wildman–Crippen MR) is 118 cm³/mol. The molecule has 0 saturated carbocycles. The number of piperidine rings is 1. The molecule has 0 aromatic heterocycles.